The third-order valence-corrected chi connectivity index (χ3v) is 3.16. The first-order valence-electron chi connectivity index (χ1n) is 5.43. The highest BCUT2D eigenvalue weighted by molar-refractivity contribution is 4.68. The van der Waals surface area contributed by atoms with Crippen LogP contribution in [0.3, 0.4) is 0 Å². The van der Waals surface area contributed by atoms with Crippen molar-refractivity contribution in [2.24, 2.45) is 11.8 Å². The Kier molecular flexibility index (Phi) is 4.67. The molecule has 0 saturated heterocycles. The first-order valence-corrected chi connectivity index (χ1v) is 5.43. The molecule has 1 atom stereocenters. The van der Waals surface area contributed by atoms with Gasteiger partial charge in [0.15, 0.2) is 0 Å². The number of hydrogen-bond acceptors (Lipinski definition) is 1. The van der Waals surface area contributed by atoms with Crippen molar-refractivity contribution in [2.45, 2.75) is 51.9 Å². The Morgan fingerprint density at radius 1 is 1.25 bits per heavy atom. The van der Waals surface area contributed by atoms with Crippen LogP contribution in [0.2, 0.25) is 0 Å². The summed E-state index contributed by atoms with van der Waals surface area (Å²) in [6.07, 6.45) is 9.56. The van der Waals surface area contributed by atoms with Gasteiger partial charge >= 0.3 is 0 Å². The Bertz CT molecular complexity index is 106. The fourth-order valence-corrected chi connectivity index (χ4v) is 2.18. The standard InChI is InChI=1S/C11H22O/c1-10(8-9-12)6-7-11-4-2-3-5-11/h10-12H,2-9H2,1H3. The molecule has 1 rings (SSSR count). The van der Waals surface area contributed by atoms with Gasteiger partial charge in [-0.15, -0.1) is 0 Å². The van der Waals surface area contributed by atoms with Crippen LogP contribution in [-0.4, -0.2) is 11.7 Å². The van der Waals surface area contributed by atoms with E-state index in [2.05, 4.69) is 6.92 Å². The Balaban J connectivity index is 1.99. The second-order valence-corrected chi connectivity index (χ2v) is 4.35. The number of hydrogen-bond donors (Lipinski definition) is 1. The molecule has 0 aliphatic heterocycles. The summed E-state index contributed by atoms with van der Waals surface area (Å²) < 4.78 is 0. The second kappa shape index (κ2) is 5.58. The summed E-state index contributed by atoms with van der Waals surface area (Å²) in [5.74, 6) is 1.75. The zero-order valence-corrected chi connectivity index (χ0v) is 8.26. The van der Waals surface area contributed by atoms with E-state index in [9.17, 15) is 0 Å². The van der Waals surface area contributed by atoms with Crippen molar-refractivity contribution in [3.8, 4) is 0 Å². The summed E-state index contributed by atoms with van der Waals surface area (Å²) in [5, 5.41) is 8.73. The van der Waals surface area contributed by atoms with Gasteiger partial charge < -0.3 is 5.11 Å². The Labute approximate surface area is 76.2 Å². The van der Waals surface area contributed by atoms with E-state index in [1.807, 2.05) is 0 Å². The zero-order valence-electron chi connectivity index (χ0n) is 8.26. The van der Waals surface area contributed by atoms with Crippen LogP contribution in [0.25, 0.3) is 0 Å². The molecule has 0 heterocycles. The Morgan fingerprint density at radius 3 is 2.50 bits per heavy atom. The van der Waals surface area contributed by atoms with Crippen molar-refractivity contribution in [2.75, 3.05) is 6.61 Å². The smallest absolute Gasteiger partial charge is 0.0433 e. The molecule has 0 aromatic carbocycles. The highest BCUT2D eigenvalue weighted by Gasteiger charge is 2.15. The van der Waals surface area contributed by atoms with Crippen molar-refractivity contribution in [3.05, 3.63) is 0 Å². The van der Waals surface area contributed by atoms with E-state index in [1.165, 1.54) is 38.5 Å². The van der Waals surface area contributed by atoms with Gasteiger partial charge in [0.05, 0.1) is 0 Å². The predicted molar refractivity (Wildman–Crippen MR) is 52.1 cm³/mol. The predicted octanol–water partition coefficient (Wildman–Crippen LogP) is 2.98. The molecule has 0 amide bonds. The molecule has 12 heavy (non-hydrogen) atoms. The minimum atomic E-state index is 0.367. The second-order valence-electron chi connectivity index (χ2n) is 4.35. The van der Waals surface area contributed by atoms with Gasteiger partial charge in [-0.3, -0.25) is 0 Å². The molecule has 1 aliphatic rings. The van der Waals surface area contributed by atoms with E-state index in [0.717, 1.165) is 18.3 Å². The van der Waals surface area contributed by atoms with Crippen molar-refractivity contribution in [3.63, 3.8) is 0 Å². The molecule has 72 valence electrons. The van der Waals surface area contributed by atoms with Gasteiger partial charge in [0.25, 0.3) is 0 Å². The van der Waals surface area contributed by atoms with Gasteiger partial charge in [-0.2, -0.15) is 0 Å². The molecule has 1 aliphatic carbocycles. The Morgan fingerprint density at radius 2 is 1.92 bits per heavy atom. The molecule has 1 unspecified atom stereocenters. The molecular weight excluding hydrogens is 148 g/mol. The lowest BCUT2D eigenvalue weighted by atomic mass is 9.94. The van der Waals surface area contributed by atoms with Gasteiger partial charge in [0.2, 0.25) is 0 Å². The van der Waals surface area contributed by atoms with Crippen molar-refractivity contribution >= 4 is 0 Å². The lowest BCUT2D eigenvalue weighted by Gasteiger charge is -2.12. The summed E-state index contributed by atoms with van der Waals surface area (Å²) in [7, 11) is 0. The maximum atomic E-state index is 8.73. The number of aliphatic hydroxyl groups is 1. The van der Waals surface area contributed by atoms with Gasteiger partial charge in [0.1, 0.15) is 0 Å². The average molecular weight is 170 g/mol. The van der Waals surface area contributed by atoms with Crippen LogP contribution in [0.4, 0.5) is 0 Å². The molecule has 1 heteroatoms. The van der Waals surface area contributed by atoms with Gasteiger partial charge in [0, 0.05) is 6.61 Å². The van der Waals surface area contributed by atoms with E-state index >= 15 is 0 Å². The summed E-state index contributed by atoms with van der Waals surface area (Å²) >= 11 is 0. The minimum absolute atomic E-state index is 0.367. The molecule has 0 spiro atoms. The van der Waals surface area contributed by atoms with Gasteiger partial charge in [-0.05, 0) is 18.3 Å². The molecule has 0 radical (unpaired) electrons. The van der Waals surface area contributed by atoms with Crippen LogP contribution >= 0.6 is 0 Å². The monoisotopic (exact) mass is 170 g/mol. The van der Waals surface area contributed by atoms with Crippen LogP contribution in [0, 0.1) is 11.8 Å². The normalized spacial score (nSPS) is 21.5. The minimum Gasteiger partial charge on any atom is -0.396 e. The van der Waals surface area contributed by atoms with Crippen LogP contribution in [0.1, 0.15) is 51.9 Å². The van der Waals surface area contributed by atoms with Crippen LogP contribution < -0.4 is 0 Å². The average Bonchev–Trinajstić information content (AvgIpc) is 2.53. The molecule has 1 saturated carbocycles. The summed E-state index contributed by atoms with van der Waals surface area (Å²) in [4.78, 5) is 0. The topological polar surface area (TPSA) is 20.2 Å². The molecule has 1 fully saturated rings. The fraction of sp³-hybridized carbons (Fsp3) is 1.00. The summed E-state index contributed by atoms with van der Waals surface area (Å²) in [6.45, 7) is 2.62. The first kappa shape index (κ1) is 10.0. The highest BCUT2D eigenvalue weighted by atomic mass is 16.3. The lowest BCUT2D eigenvalue weighted by Crippen LogP contribution is -2.01. The van der Waals surface area contributed by atoms with Crippen molar-refractivity contribution in [1.29, 1.82) is 0 Å². The van der Waals surface area contributed by atoms with E-state index < -0.39 is 0 Å². The van der Waals surface area contributed by atoms with Gasteiger partial charge in [-0.25, -0.2) is 0 Å². The van der Waals surface area contributed by atoms with E-state index in [1.54, 1.807) is 0 Å². The van der Waals surface area contributed by atoms with Crippen LogP contribution in [0.15, 0.2) is 0 Å². The summed E-state index contributed by atoms with van der Waals surface area (Å²) in [6, 6.07) is 0. The number of rotatable bonds is 5. The van der Waals surface area contributed by atoms with E-state index in [4.69, 9.17) is 5.11 Å². The third-order valence-electron chi connectivity index (χ3n) is 3.16. The van der Waals surface area contributed by atoms with E-state index in [0.29, 0.717) is 6.61 Å². The molecule has 0 bridgehead atoms. The highest BCUT2D eigenvalue weighted by Crippen LogP contribution is 2.30. The maximum absolute atomic E-state index is 8.73. The molecule has 1 N–H and O–H groups in total. The third kappa shape index (κ3) is 3.57. The van der Waals surface area contributed by atoms with Crippen LogP contribution in [0.5, 0.6) is 0 Å². The van der Waals surface area contributed by atoms with Crippen molar-refractivity contribution < 1.29 is 5.11 Å². The molecule has 0 aromatic heterocycles. The van der Waals surface area contributed by atoms with Crippen LogP contribution in [-0.2, 0) is 0 Å². The van der Waals surface area contributed by atoms with Gasteiger partial charge in [-0.1, -0.05) is 45.4 Å². The molecule has 1 nitrogen and oxygen atoms in total. The summed E-state index contributed by atoms with van der Waals surface area (Å²) in [5.41, 5.74) is 0. The fourth-order valence-electron chi connectivity index (χ4n) is 2.18. The SMILES string of the molecule is CC(CCO)CCC1CCCC1. The Hall–Kier alpha value is -0.0400. The quantitative estimate of drug-likeness (QED) is 0.672. The zero-order chi connectivity index (χ0) is 8.81. The molecule has 0 aromatic rings. The maximum Gasteiger partial charge on any atom is 0.0433 e. The largest absolute Gasteiger partial charge is 0.396 e. The number of aliphatic hydroxyl groups excluding tert-OH is 1. The van der Waals surface area contributed by atoms with E-state index in [-0.39, 0.29) is 0 Å². The lowest BCUT2D eigenvalue weighted by molar-refractivity contribution is 0.252. The first-order chi connectivity index (χ1) is 5.83. The molecular formula is C11H22O. The van der Waals surface area contributed by atoms with Crippen molar-refractivity contribution in [1.82, 2.24) is 0 Å².